The number of aldehydes is 1. The van der Waals surface area contributed by atoms with E-state index in [9.17, 15) is 14.9 Å². The number of nitro groups is 1. The summed E-state index contributed by atoms with van der Waals surface area (Å²) in [6.45, 7) is 0. The van der Waals surface area contributed by atoms with E-state index in [1.807, 2.05) is 0 Å². The van der Waals surface area contributed by atoms with Crippen LogP contribution in [0.2, 0.25) is 0 Å². The molecular formula is C11H11NO4. The lowest BCUT2D eigenvalue weighted by molar-refractivity contribution is -0.385. The third-order valence-corrected chi connectivity index (χ3v) is 2.95. The van der Waals surface area contributed by atoms with E-state index >= 15 is 0 Å². The molecule has 84 valence electrons. The minimum absolute atomic E-state index is 0.0380. The number of benzene rings is 1. The van der Waals surface area contributed by atoms with E-state index in [0.717, 1.165) is 6.29 Å². The molecule has 1 saturated carbocycles. The van der Waals surface area contributed by atoms with Crippen LogP contribution in [0.4, 0.5) is 5.69 Å². The van der Waals surface area contributed by atoms with E-state index in [1.54, 1.807) is 12.1 Å². The molecule has 0 amide bonds. The van der Waals surface area contributed by atoms with Crippen molar-refractivity contribution in [1.29, 1.82) is 0 Å². The van der Waals surface area contributed by atoms with Crippen molar-refractivity contribution in [2.75, 3.05) is 7.11 Å². The smallest absolute Gasteiger partial charge is 0.277 e. The summed E-state index contributed by atoms with van der Waals surface area (Å²) >= 11 is 0. The standard InChI is InChI=1S/C11H11NO4/c1-16-8-2-3-9(10(6-8)12(14)15)11(7-13)4-5-11/h2-3,6-7H,4-5H2,1H3. The average molecular weight is 221 g/mol. The maximum absolute atomic E-state index is 11.0. The SMILES string of the molecule is COc1ccc(C2(C=O)CC2)c([N+](=O)[O-])c1. The monoisotopic (exact) mass is 221 g/mol. The quantitative estimate of drug-likeness (QED) is 0.442. The molecule has 2 rings (SSSR count). The Labute approximate surface area is 92.2 Å². The highest BCUT2D eigenvalue weighted by Crippen LogP contribution is 2.49. The predicted octanol–water partition coefficient (Wildman–Crippen LogP) is 1.83. The summed E-state index contributed by atoms with van der Waals surface area (Å²) < 4.78 is 4.93. The van der Waals surface area contributed by atoms with Gasteiger partial charge in [-0.05, 0) is 25.0 Å². The Hall–Kier alpha value is -1.91. The lowest BCUT2D eigenvalue weighted by Crippen LogP contribution is -2.10. The topological polar surface area (TPSA) is 69.4 Å². The first-order valence-corrected chi connectivity index (χ1v) is 4.92. The maximum Gasteiger partial charge on any atom is 0.277 e. The fraction of sp³-hybridized carbons (Fsp3) is 0.364. The van der Waals surface area contributed by atoms with Crippen LogP contribution in [0.25, 0.3) is 0 Å². The second kappa shape index (κ2) is 3.59. The molecule has 1 aliphatic carbocycles. The molecule has 0 bridgehead atoms. The molecule has 0 heterocycles. The minimum atomic E-state index is -0.630. The number of ether oxygens (including phenoxy) is 1. The van der Waals surface area contributed by atoms with Gasteiger partial charge in [0, 0.05) is 5.56 Å². The maximum atomic E-state index is 11.0. The van der Waals surface area contributed by atoms with Crippen LogP contribution in [-0.2, 0) is 10.2 Å². The minimum Gasteiger partial charge on any atom is -0.497 e. The summed E-state index contributed by atoms with van der Waals surface area (Å²) in [7, 11) is 1.45. The molecule has 0 unspecified atom stereocenters. The van der Waals surface area contributed by atoms with Crippen LogP contribution in [-0.4, -0.2) is 18.3 Å². The van der Waals surface area contributed by atoms with Crippen molar-refractivity contribution < 1.29 is 14.5 Å². The van der Waals surface area contributed by atoms with Gasteiger partial charge in [-0.25, -0.2) is 0 Å². The van der Waals surface area contributed by atoms with Gasteiger partial charge >= 0.3 is 0 Å². The number of carbonyl (C=O) groups is 1. The zero-order chi connectivity index (χ0) is 11.8. The van der Waals surface area contributed by atoms with Crippen molar-refractivity contribution in [3.05, 3.63) is 33.9 Å². The van der Waals surface area contributed by atoms with Crippen LogP contribution in [0.1, 0.15) is 18.4 Å². The van der Waals surface area contributed by atoms with Gasteiger partial charge in [-0.1, -0.05) is 0 Å². The van der Waals surface area contributed by atoms with Gasteiger partial charge in [-0.3, -0.25) is 10.1 Å². The Morgan fingerprint density at radius 3 is 2.62 bits per heavy atom. The Morgan fingerprint density at radius 1 is 1.50 bits per heavy atom. The second-order valence-electron chi connectivity index (χ2n) is 3.91. The normalized spacial score (nSPS) is 16.6. The molecule has 0 N–H and O–H groups in total. The predicted molar refractivity (Wildman–Crippen MR) is 56.6 cm³/mol. The van der Waals surface area contributed by atoms with Gasteiger partial charge in [0.25, 0.3) is 5.69 Å². The van der Waals surface area contributed by atoms with E-state index in [1.165, 1.54) is 13.2 Å². The average Bonchev–Trinajstić information content (AvgIpc) is 3.09. The summed E-state index contributed by atoms with van der Waals surface area (Å²) in [6, 6.07) is 4.61. The van der Waals surface area contributed by atoms with Crippen LogP contribution >= 0.6 is 0 Å². The largest absolute Gasteiger partial charge is 0.497 e. The van der Waals surface area contributed by atoms with Crippen molar-refractivity contribution in [3.8, 4) is 5.75 Å². The lowest BCUT2D eigenvalue weighted by atomic mass is 9.96. The molecule has 1 aromatic rings. The van der Waals surface area contributed by atoms with Crippen molar-refractivity contribution in [1.82, 2.24) is 0 Å². The van der Waals surface area contributed by atoms with Gasteiger partial charge in [-0.15, -0.1) is 0 Å². The highest BCUT2D eigenvalue weighted by atomic mass is 16.6. The van der Waals surface area contributed by atoms with E-state index in [4.69, 9.17) is 4.74 Å². The molecule has 1 fully saturated rings. The third-order valence-electron chi connectivity index (χ3n) is 2.95. The summed E-state index contributed by atoms with van der Waals surface area (Å²) in [6.07, 6.45) is 2.18. The number of hydrogen-bond donors (Lipinski definition) is 0. The first kappa shape index (κ1) is 10.6. The number of nitrogens with zero attached hydrogens (tertiary/aromatic N) is 1. The van der Waals surface area contributed by atoms with Crippen molar-refractivity contribution in [2.24, 2.45) is 0 Å². The van der Waals surface area contributed by atoms with Crippen LogP contribution in [0, 0.1) is 10.1 Å². The first-order chi connectivity index (χ1) is 7.63. The zero-order valence-corrected chi connectivity index (χ0v) is 8.80. The summed E-state index contributed by atoms with van der Waals surface area (Å²) in [5.74, 6) is 0.428. The van der Waals surface area contributed by atoms with Gasteiger partial charge in [0.15, 0.2) is 0 Å². The molecule has 5 heteroatoms. The van der Waals surface area contributed by atoms with Crippen molar-refractivity contribution in [2.45, 2.75) is 18.3 Å². The van der Waals surface area contributed by atoms with Crippen LogP contribution in [0.5, 0.6) is 5.75 Å². The highest BCUT2D eigenvalue weighted by Gasteiger charge is 2.48. The zero-order valence-electron chi connectivity index (χ0n) is 8.80. The van der Waals surface area contributed by atoms with Gasteiger partial charge in [-0.2, -0.15) is 0 Å². The van der Waals surface area contributed by atoms with E-state index in [-0.39, 0.29) is 5.69 Å². The molecule has 1 aromatic carbocycles. The van der Waals surface area contributed by atoms with Crippen LogP contribution in [0.15, 0.2) is 18.2 Å². The molecule has 16 heavy (non-hydrogen) atoms. The van der Waals surface area contributed by atoms with Gasteiger partial charge < -0.3 is 9.53 Å². The molecule has 0 saturated heterocycles. The van der Waals surface area contributed by atoms with Crippen molar-refractivity contribution in [3.63, 3.8) is 0 Å². The van der Waals surface area contributed by atoms with Crippen molar-refractivity contribution >= 4 is 12.0 Å². The van der Waals surface area contributed by atoms with Crippen LogP contribution in [0.3, 0.4) is 0 Å². The van der Waals surface area contributed by atoms with Gasteiger partial charge in [0.2, 0.25) is 0 Å². The number of hydrogen-bond acceptors (Lipinski definition) is 4. The van der Waals surface area contributed by atoms with Crippen LogP contribution < -0.4 is 4.74 Å². The Kier molecular flexibility index (Phi) is 2.38. The molecule has 5 nitrogen and oxygen atoms in total. The van der Waals surface area contributed by atoms with E-state index < -0.39 is 10.3 Å². The van der Waals surface area contributed by atoms with Gasteiger partial charge in [0.05, 0.1) is 23.5 Å². The Bertz CT molecular complexity index is 451. The summed E-state index contributed by atoms with van der Waals surface area (Å²) in [5, 5.41) is 10.9. The highest BCUT2D eigenvalue weighted by molar-refractivity contribution is 5.76. The summed E-state index contributed by atoms with van der Waals surface area (Å²) in [4.78, 5) is 21.4. The second-order valence-corrected chi connectivity index (χ2v) is 3.91. The van der Waals surface area contributed by atoms with E-state index in [0.29, 0.717) is 24.2 Å². The van der Waals surface area contributed by atoms with E-state index in [2.05, 4.69) is 0 Å². The summed E-state index contributed by atoms with van der Waals surface area (Å²) in [5.41, 5.74) is -0.174. The number of nitro benzene ring substituents is 1. The molecule has 1 aliphatic rings. The molecule has 0 aliphatic heterocycles. The number of carbonyl (C=O) groups excluding carboxylic acids is 1. The first-order valence-electron chi connectivity index (χ1n) is 4.92. The number of methoxy groups -OCH3 is 1. The third kappa shape index (κ3) is 1.54. The fourth-order valence-corrected chi connectivity index (χ4v) is 1.80. The fourth-order valence-electron chi connectivity index (χ4n) is 1.80. The Balaban J connectivity index is 2.53. The number of rotatable bonds is 4. The lowest BCUT2D eigenvalue weighted by Gasteiger charge is -2.09. The molecule has 0 spiro atoms. The Morgan fingerprint density at radius 2 is 2.19 bits per heavy atom. The molecule has 0 atom stereocenters. The molecular weight excluding hydrogens is 210 g/mol. The van der Waals surface area contributed by atoms with Gasteiger partial charge in [0.1, 0.15) is 12.0 Å². The molecule has 0 aromatic heterocycles. The molecule has 0 radical (unpaired) electrons.